The summed E-state index contributed by atoms with van der Waals surface area (Å²) in [7, 11) is 0. The number of rotatable bonds is 5. The quantitative estimate of drug-likeness (QED) is 0.409. The third kappa shape index (κ3) is 2.64. The van der Waals surface area contributed by atoms with Gasteiger partial charge in [-0.05, 0) is 24.3 Å². The summed E-state index contributed by atoms with van der Waals surface area (Å²) in [5.41, 5.74) is 4.19. The lowest BCUT2D eigenvalue weighted by Gasteiger charge is -2.04. The maximum absolute atomic E-state index is 4.74. The number of nitrogens with zero attached hydrogens (tertiary/aromatic N) is 4. The van der Waals surface area contributed by atoms with Gasteiger partial charge in [0.25, 0.3) is 0 Å². The third-order valence-corrected chi connectivity index (χ3v) is 4.70. The maximum atomic E-state index is 4.74. The minimum absolute atomic E-state index is 0.758. The Morgan fingerprint density at radius 3 is 2.83 bits per heavy atom. The highest BCUT2D eigenvalue weighted by atomic mass is 32.2. The lowest BCUT2D eigenvalue weighted by atomic mass is 10.3. The van der Waals surface area contributed by atoms with Gasteiger partial charge >= 0.3 is 0 Å². The highest BCUT2D eigenvalue weighted by Crippen LogP contribution is 2.26. The minimum Gasteiger partial charge on any atom is -0.315 e. The summed E-state index contributed by atoms with van der Waals surface area (Å²) in [6.07, 6.45) is 6.00. The van der Waals surface area contributed by atoms with Crippen molar-refractivity contribution in [2.45, 2.75) is 17.5 Å². The smallest absolute Gasteiger partial charge is 0.169 e. The molecule has 0 aliphatic heterocycles. The molecule has 4 rings (SSSR count). The molecule has 5 heteroatoms. The van der Waals surface area contributed by atoms with Crippen LogP contribution in [0.5, 0.6) is 0 Å². The summed E-state index contributed by atoms with van der Waals surface area (Å²) in [6.45, 7) is 4.61. The highest BCUT2D eigenvalue weighted by molar-refractivity contribution is 7.98. The molecule has 0 radical (unpaired) electrons. The van der Waals surface area contributed by atoms with Gasteiger partial charge in [0, 0.05) is 24.7 Å². The Labute approximate surface area is 138 Å². The Morgan fingerprint density at radius 2 is 1.96 bits per heavy atom. The summed E-state index contributed by atoms with van der Waals surface area (Å²) < 4.78 is 4.24. The van der Waals surface area contributed by atoms with Crippen molar-refractivity contribution in [1.82, 2.24) is 18.9 Å². The van der Waals surface area contributed by atoms with Gasteiger partial charge in [-0.25, -0.2) is 9.97 Å². The molecule has 4 aromatic rings. The molecule has 23 heavy (non-hydrogen) atoms. The molecule has 0 N–H and O–H groups in total. The van der Waals surface area contributed by atoms with E-state index in [0.29, 0.717) is 0 Å². The van der Waals surface area contributed by atoms with E-state index in [0.717, 1.165) is 39.8 Å². The molecule has 0 bridgehead atoms. The van der Waals surface area contributed by atoms with Gasteiger partial charge in [-0.3, -0.25) is 0 Å². The van der Waals surface area contributed by atoms with Crippen molar-refractivity contribution >= 4 is 28.4 Å². The van der Waals surface area contributed by atoms with E-state index in [1.165, 1.54) is 0 Å². The molecule has 0 saturated heterocycles. The van der Waals surface area contributed by atoms with Crippen molar-refractivity contribution in [1.29, 1.82) is 0 Å². The predicted octanol–water partition coefficient (Wildman–Crippen LogP) is 4.16. The Balaban J connectivity index is 1.64. The zero-order valence-corrected chi connectivity index (χ0v) is 13.4. The highest BCUT2D eigenvalue weighted by Gasteiger charge is 2.11. The molecule has 0 aliphatic carbocycles. The van der Waals surface area contributed by atoms with E-state index in [9.17, 15) is 0 Å². The average molecular weight is 320 g/mol. The number of imidazole rings is 2. The summed E-state index contributed by atoms with van der Waals surface area (Å²) >= 11 is 1.71. The summed E-state index contributed by atoms with van der Waals surface area (Å²) in [5, 5.41) is 1.00. The molecular weight excluding hydrogens is 304 g/mol. The van der Waals surface area contributed by atoms with Crippen molar-refractivity contribution in [3.63, 3.8) is 0 Å². The summed E-state index contributed by atoms with van der Waals surface area (Å²) in [6, 6.07) is 14.2. The van der Waals surface area contributed by atoms with Gasteiger partial charge in [-0.1, -0.05) is 36.0 Å². The number of benzene rings is 1. The normalized spacial score (nSPS) is 11.3. The summed E-state index contributed by atoms with van der Waals surface area (Å²) in [5.74, 6) is 0.794. The standard InChI is InChI=1S/C18H16N4S/c1-2-10-22-16-8-4-3-7-15(16)20-18(22)23-13-14-12-21-11-6-5-9-17(21)19-14/h2-9,11-12H,1,10,13H2. The van der Waals surface area contributed by atoms with Crippen molar-refractivity contribution < 1.29 is 0 Å². The molecule has 0 saturated carbocycles. The van der Waals surface area contributed by atoms with E-state index in [1.54, 1.807) is 11.8 Å². The van der Waals surface area contributed by atoms with Crippen LogP contribution in [0.4, 0.5) is 0 Å². The first-order valence-electron chi connectivity index (χ1n) is 7.47. The van der Waals surface area contributed by atoms with Gasteiger partial charge in [0.15, 0.2) is 5.16 Å². The number of hydrogen-bond acceptors (Lipinski definition) is 3. The van der Waals surface area contributed by atoms with E-state index >= 15 is 0 Å². The van der Waals surface area contributed by atoms with Crippen LogP contribution in [0, 0.1) is 0 Å². The molecule has 0 unspecified atom stereocenters. The number of allylic oxidation sites excluding steroid dienone is 1. The van der Waals surface area contributed by atoms with E-state index in [2.05, 4.69) is 28.4 Å². The molecule has 0 spiro atoms. The summed E-state index contributed by atoms with van der Waals surface area (Å²) in [4.78, 5) is 9.39. The fraction of sp³-hybridized carbons (Fsp3) is 0.111. The molecular formula is C18H16N4S. The average Bonchev–Trinajstić information content (AvgIpc) is 3.14. The Bertz CT molecular complexity index is 950. The van der Waals surface area contributed by atoms with E-state index in [-0.39, 0.29) is 0 Å². The molecule has 3 heterocycles. The first-order valence-corrected chi connectivity index (χ1v) is 8.45. The topological polar surface area (TPSA) is 35.1 Å². The lowest BCUT2D eigenvalue weighted by molar-refractivity contribution is 0.748. The third-order valence-electron chi connectivity index (χ3n) is 3.69. The van der Waals surface area contributed by atoms with Gasteiger partial charge in [-0.15, -0.1) is 6.58 Å². The van der Waals surface area contributed by atoms with Crippen LogP contribution < -0.4 is 0 Å². The van der Waals surface area contributed by atoms with E-state index in [4.69, 9.17) is 4.98 Å². The van der Waals surface area contributed by atoms with Crippen molar-refractivity contribution in [2.24, 2.45) is 0 Å². The van der Waals surface area contributed by atoms with Crippen LogP contribution in [0.1, 0.15) is 5.69 Å². The molecule has 0 aliphatic rings. The number of pyridine rings is 1. The lowest BCUT2D eigenvalue weighted by Crippen LogP contribution is -1.97. The number of para-hydroxylation sites is 2. The number of thioether (sulfide) groups is 1. The maximum Gasteiger partial charge on any atom is 0.169 e. The molecule has 4 nitrogen and oxygen atoms in total. The fourth-order valence-corrected chi connectivity index (χ4v) is 3.57. The predicted molar refractivity (Wildman–Crippen MR) is 94.7 cm³/mol. The van der Waals surface area contributed by atoms with Gasteiger partial charge < -0.3 is 8.97 Å². The SMILES string of the molecule is C=CCn1c(SCc2cn3ccccc3n2)nc2ccccc21. The van der Waals surface area contributed by atoms with Crippen LogP contribution in [0.15, 0.2) is 72.7 Å². The van der Waals surface area contributed by atoms with Gasteiger partial charge in [0.1, 0.15) is 5.65 Å². The Hall–Kier alpha value is -2.53. The fourth-order valence-electron chi connectivity index (χ4n) is 2.66. The number of aromatic nitrogens is 4. The molecule has 3 aromatic heterocycles. The molecule has 114 valence electrons. The van der Waals surface area contributed by atoms with E-state index < -0.39 is 0 Å². The Kier molecular flexibility index (Phi) is 3.63. The van der Waals surface area contributed by atoms with Crippen molar-refractivity contribution in [3.05, 3.63) is 73.2 Å². The van der Waals surface area contributed by atoms with Crippen LogP contribution in [-0.2, 0) is 12.3 Å². The van der Waals surface area contributed by atoms with E-state index in [1.807, 2.05) is 53.1 Å². The zero-order valence-electron chi connectivity index (χ0n) is 12.6. The van der Waals surface area contributed by atoms with Crippen LogP contribution >= 0.6 is 11.8 Å². The zero-order chi connectivity index (χ0) is 15.6. The van der Waals surface area contributed by atoms with Crippen LogP contribution in [-0.4, -0.2) is 18.9 Å². The van der Waals surface area contributed by atoms with Gasteiger partial charge in [0.05, 0.1) is 16.7 Å². The number of hydrogen-bond donors (Lipinski definition) is 0. The number of fused-ring (bicyclic) bond motifs is 2. The van der Waals surface area contributed by atoms with Crippen LogP contribution in [0.2, 0.25) is 0 Å². The Morgan fingerprint density at radius 1 is 1.09 bits per heavy atom. The minimum atomic E-state index is 0.758. The first-order chi connectivity index (χ1) is 11.3. The monoisotopic (exact) mass is 320 g/mol. The molecule has 1 aromatic carbocycles. The molecule has 0 atom stereocenters. The van der Waals surface area contributed by atoms with Crippen molar-refractivity contribution in [3.8, 4) is 0 Å². The van der Waals surface area contributed by atoms with Crippen LogP contribution in [0.3, 0.4) is 0 Å². The first kappa shape index (κ1) is 14.1. The van der Waals surface area contributed by atoms with Crippen LogP contribution in [0.25, 0.3) is 16.7 Å². The van der Waals surface area contributed by atoms with Gasteiger partial charge in [-0.2, -0.15) is 0 Å². The van der Waals surface area contributed by atoms with Gasteiger partial charge in [0.2, 0.25) is 0 Å². The van der Waals surface area contributed by atoms with Crippen molar-refractivity contribution in [2.75, 3.05) is 0 Å². The molecule has 0 amide bonds. The second kappa shape index (κ2) is 5.93. The molecule has 0 fully saturated rings. The largest absolute Gasteiger partial charge is 0.315 e. The second-order valence-corrected chi connectivity index (χ2v) is 6.21. The second-order valence-electron chi connectivity index (χ2n) is 5.27.